The van der Waals surface area contributed by atoms with Crippen molar-refractivity contribution in [3.8, 4) is 11.1 Å². The van der Waals surface area contributed by atoms with E-state index in [1.165, 1.54) is 4.90 Å². The van der Waals surface area contributed by atoms with Crippen LogP contribution in [0.1, 0.15) is 15.9 Å². The maximum Gasteiger partial charge on any atom is 0.259 e. The van der Waals surface area contributed by atoms with Crippen LogP contribution in [0.3, 0.4) is 0 Å². The Morgan fingerprint density at radius 2 is 1.41 bits per heavy atom. The molecule has 0 spiro atoms. The SMILES string of the molecule is C=C1c2ccccc2C(=O)N1CC(=O)Nc1ccccc1-c1ccccc1. The Hall–Kier alpha value is -3.66. The monoisotopic (exact) mass is 354 g/mol. The Balaban J connectivity index is 1.54. The molecule has 132 valence electrons. The zero-order chi connectivity index (χ0) is 18.8. The lowest BCUT2D eigenvalue weighted by Gasteiger charge is -2.18. The minimum Gasteiger partial charge on any atom is -0.324 e. The molecule has 0 bridgehead atoms. The molecule has 0 saturated carbocycles. The predicted molar refractivity (Wildman–Crippen MR) is 107 cm³/mol. The molecule has 0 unspecified atom stereocenters. The number of fused-ring (bicyclic) bond motifs is 1. The molecule has 1 N–H and O–H groups in total. The summed E-state index contributed by atoms with van der Waals surface area (Å²) in [5.74, 6) is -0.456. The van der Waals surface area contributed by atoms with Crippen LogP contribution in [0.4, 0.5) is 5.69 Å². The topological polar surface area (TPSA) is 49.4 Å². The summed E-state index contributed by atoms with van der Waals surface area (Å²) in [4.78, 5) is 26.6. The van der Waals surface area contributed by atoms with E-state index >= 15 is 0 Å². The smallest absolute Gasteiger partial charge is 0.259 e. The third-order valence-electron chi connectivity index (χ3n) is 4.63. The van der Waals surface area contributed by atoms with Crippen LogP contribution in [0.15, 0.2) is 85.4 Å². The van der Waals surface area contributed by atoms with Crippen molar-refractivity contribution in [2.24, 2.45) is 0 Å². The van der Waals surface area contributed by atoms with Crippen LogP contribution in [0.25, 0.3) is 16.8 Å². The van der Waals surface area contributed by atoms with E-state index < -0.39 is 0 Å². The molecule has 3 aromatic rings. The first-order valence-corrected chi connectivity index (χ1v) is 8.69. The summed E-state index contributed by atoms with van der Waals surface area (Å²) in [5.41, 5.74) is 4.58. The molecule has 0 aliphatic carbocycles. The molecular formula is C23H18N2O2. The summed E-state index contributed by atoms with van der Waals surface area (Å²) < 4.78 is 0. The minimum atomic E-state index is -0.263. The van der Waals surface area contributed by atoms with Crippen molar-refractivity contribution in [2.45, 2.75) is 0 Å². The van der Waals surface area contributed by atoms with E-state index in [4.69, 9.17) is 0 Å². The third kappa shape index (κ3) is 3.13. The summed E-state index contributed by atoms with van der Waals surface area (Å²) in [6.07, 6.45) is 0. The molecule has 0 fully saturated rings. The molecular weight excluding hydrogens is 336 g/mol. The first kappa shape index (κ1) is 16.8. The average molecular weight is 354 g/mol. The first-order chi connectivity index (χ1) is 13.1. The first-order valence-electron chi connectivity index (χ1n) is 8.69. The van der Waals surface area contributed by atoms with Crippen molar-refractivity contribution in [3.63, 3.8) is 0 Å². The zero-order valence-corrected chi connectivity index (χ0v) is 14.7. The summed E-state index contributed by atoms with van der Waals surface area (Å²) >= 11 is 0. The van der Waals surface area contributed by atoms with Crippen LogP contribution < -0.4 is 5.32 Å². The number of rotatable bonds is 4. The van der Waals surface area contributed by atoms with Gasteiger partial charge in [-0.1, -0.05) is 73.3 Å². The molecule has 4 heteroatoms. The maximum atomic E-state index is 12.6. The van der Waals surface area contributed by atoms with E-state index in [1.807, 2.05) is 72.8 Å². The molecule has 3 aromatic carbocycles. The highest BCUT2D eigenvalue weighted by molar-refractivity contribution is 6.11. The fourth-order valence-corrected chi connectivity index (χ4v) is 3.30. The standard InChI is InChI=1S/C23H18N2O2/c1-16-18-11-5-6-13-20(18)23(27)25(16)15-22(26)24-21-14-8-7-12-19(21)17-9-3-2-4-10-17/h2-14H,1,15H2,(H,24,26). The highest BCUT2D eigenvalue weighted by Gasteiger charge is 2.31. The summed E-state index contributed by atoms with van der Waals surface area (Å²) in [6.45, 7) is 3.90. The number of hydrogen-bond acceptors (Lipinski definition) is 2. The summed E-state index contributed by atoms with van der Waals surface area (Å²) in [6, 6.07) is 24.7. The van der Waals surface area contributed by atoms with Gasteiger partial charge < -0.3 is 5.32 Å². The van der Waals surface area contributed by atoms with E-state index in [1.54, 1.807) is 6.07 Å². The van der Waals surface area contributed by atoms with Crippen molar-refractivity contribution in [1.82, 2.24) is 4.90 Å². The Kier molecular flexibility index (Phi) is 4.30. The van der Waals surface area contributed by atoms with Crippen LogP contribution >= 0.6 is 0 Å². The summed E-state index contributed by atoms with van der Waals surface area (Å²) in [5, 5.41) is 2.93. The number of amides is 2. The van der Waals surface area contributed by atoms with E-state index in [2.05, 4.69) is 11.9 Å². The van der Waals surface area contributed by atoms with Gasteiger partial charge in [0.25, 0.3) is 5.91 Å². The van der Waals surface area contributed by atoms with E-state index in [-0.39, 0.29) is 18.4 Å². The van der Waals surface area contributed by atoms with Crippen LogP contribution in [-0.4, -0.2) is 23.3 Å². The van der Waals surface area contributed by atoms with Gasteiger partial charge in [0, 0.05) is 28.1 Å². The highest BCUT2D eigenvalue weighted by Crippen LogP contribution is 2.31. The van der Waals surface area contributed by atoms with Gasteiger partial charge in [0.15, 0.2) is 0 Å². The van der Waals surface area contributed by atoms with Gasteiger partial charge in [0.1, 0.15) is 6.54 Å². The second-order valence-corrected chi connectivity index (χ2v) is 6.34. The second kappa shape index (κ2) is 6.92. The Labute approximate surface area is 157 Å². The third-order valence-corrected chi connectivity index (χ3v) is 4.63. The molecule has 1 heterocycles. The number of nitrogens with one attached hydrogen (secondary N) is 1. The number of nitrogens with zero attached hydrogens (tertiary/aromatic N) is 1. The van der Waals surface area contributed by atoms with Gasteiger partial charge in [-0.3, -0.25) is 14.5 Å². The fourth-order valence-electron chi connectivity index (χ4n) is 3.30. The number of hydrogen-bond donors (Lipinski definition) is 1. The van der Waals surface area contributed by atoms with Crippen LogP contribution in [0.5, 0.6) is 0 Å². The lowest BCUT2D eigenvalue weighted by atomic mass is 10.0. The molecule has 4 nitrogen and oxygen atoms in total. The van der Waals surface area contributed by atoms with E-state index in [0.29, 0.717) is 16.9 Å². The molecule has 0 atom stereocenters. The number of para-hydroxylation sites is 1. The van der Waals surface area contributed by atoms with Gasteiger partial charge in [-0.25, -0.2) is 0 Å². The number of benzene rings is 3. The molecule has 1 aliphatic rings. The van der Waals surface area contributed by atoms with Crippen molar-refractivity contribution >= 4 is 23.2 Å². The molecule has 27 heavy (non-hydrogen) atoms. The molecule has 1 aliphatic heterocycles. The minimum absolute atomic E-state index is 0.0739. The maximum absolute atomic E-state index is 12.6. The van der Waals surface area contributed by atoms with E-state index in [0.717, 1.165) is 16.7 Å². The van der Waals surface area contributed by atoms with E-state index in [9.17, 15) is 9.59 Å². The van der Waals surface area contributed by atoms with Crippen molar-refractivity contribution in [3.05, 3.63) is 96.6 Å². The number of carbonyl (C=O) groups excluding carboxylic acids is 2. The molecule has 0 aromatic heterocycles. The zero-order valence-electron chi connectivity index (χ0n) is 14.7. The number of carbonyl (C=O) groups is 2. The van der Waals surface area contributed by atoms with Crippen molar-refractivity contribution in [1.29, 1.82) is 0 Å². The molecule has 2 amide bonds. The molecule has 0 radical (unpaired) electrons. The van der Waals surface area contributed by atoms with Crippen molar-refractivity contribution in [2.75, 3.05) is 11.9 Å². The lowest BCUT2D eigenvalue weighted by molar-refractivity contribution is -0.116. The Morgan fingerprint density at radius 1 is 0.815 bits per heavy atom. The van der Waals surface area contributed by atoms with Gasteiger partial charge in [0.2, 0.25) is 5.91 Å². The van der Waals surface area contributed by atoms with Crippen molar-refractivity contribution < 1.29 is 9.59 Å². The average Bonchev–Trinajstić information content (AvgIpc) is 2.94. The van der Waals surface area contributed by atoms with Gasteiger partial charge in [-0.15, -0.1) is 0 Å². The Bertz CT molecular complexity index is 1010. The molecule has 0 saturated heterocycles. The van der Waals surface area contributed by atoms with Gasteiger partial charge in [-0.2, -0.15) is 0 Å². The van der Waals surface area contributed by atoms with Gasteiger partial charge in [-0.05, 0) is 17.7 Å². The quantitative estimate of drug-likeness (QED) is 0.754. The largest absolute Gasteiger partial charge is 0.324 e. The van der Waals surface area contributed by atoms with Crippen LogP contribution in [0, 0.1) is 0 Å². The van der Waals surface area contributed by atoms with Gasteiger partial charge in [0.05, 0.1) is 0 Å². The normalized spacial score (nSPS) is 12.8. The Morgan fingerprint density at radius 3 is 2.11 bits per heavy atom. The van der Waals surface area contributed by atoms with Crippen LogP contribution in [0.2, 0.25) is 0 Å². The lowest BCUT2D eigenvalue weighted by Crippen LogP contribution is -2.32. The van der Waals surface area contributed by atoms with Crippen LogP contribution in [-0.2, 0) is 4.79 Å². The fraction of sp³-hybridized carbons (Fsp3) is 0.0435. The molecule has 4 rings (SSSR count). The number of anilines is 1. The summed E-state index contributed by atoms with van der Waals surface area (Å²) in [7, 11) is 0. The second-order valence-electron chi connectivity index (χ2n) is 6.34. The van der Waals surface area contributed by atoms with Gasteiger partial charge >= 0.3 is 0 Å². The highest BCUT2D eigenvalue weighted by atomic mass is 16.2. The predicted octanol–water partition coefficient (Wildman–Crippen LogP) is 4.42.